The molecule has 63 heavy (non-hydrogen) atoms. The van der Waals surface area contributed by atoms with Crippen LogP contribution in [0.15, 0.2) is 212 Å². The standard InChI is InChI=1S/C58H41N5/c1-3-5-18-39(4-2)41-31-35-43(36-32-41)56-59-57(44-37-33-42(34-38-44)40-19-7-6-8-20-40)61-58(60-56)49-25-17-30-54(62-50-26-13-9-21-45(50)46-22-10-14-27-51(46)62)55(49)63-52-28-15-11-23-47(52)48-24-12-16-29-53(48)63/h2-3,5-38,45,50H,1H3/b5-3-,39-18+. The van der Waals surface area contributed by atoms with Crippen molar-refractivity contribution in [2.75, 3.05) is 4.90 Å². The van der Waals surface area contributed by atoms with Crippen LogP contribution in [0.1, 0.15) is 24.0 Å². The van der Waals surface area contributed by atoms with E-state index in [1.54, 1.807) is 0 Å². The molecule has 0 fully saturated rings. The molecule has 0 N–H and O–H groups in total. The van der Waals surface area contributed by atoms with Gasteiger partial charge in [-0.3, -0.25) is 0 Å². The minimum atomic E-state index is 0.0791. The molecule has 0 spiro atoms. The molecule has 5 nitrogen and oxygen atoms in total. The zero-order valence-electron chi connectivity index (χ0n) is 34.7. The second-order valence-electron chi connectivity index (χ2n) is 15.8. The Balaban J connectivity index is 1.17. The SMILES string of the molecule is C#C/C(=C\C=C/C)c1ccc(-c2nc(-c3ccc(-c4ccccc4)cc3)nc(-c3cccc(N4c5ccccc5C5C=CC=CC54)c3-n3c4ccccc4c4ccccc43)n2)cc1. The molecule has 1 aliphatic heterocycles. The minimum Gasteiger partial charge on any atom is -0.332 e. The van der Waals surface area contributed by atoms with E-state index >= 15 is 0 Å². The maximum Gasteiger partial charge on any atom is 0.166 e. The van der Waals surface area contributed by atoms with Crippen molar-refractivity contribution in [1.82, 2.24) is 19.5 Å². The normalized spacial score (nSPS) is 15.6. The van der Waals surface area contributed by atoms with Gasteiger partial charge < -0.3 is 9.47 Å². The smallest absolute Gasteiger partial charge is 0.166 e. The van der Waals surface area contributed by atoms with E-state index in [2.05, 4.69) is 179 Å². The highest BCUT2D eigenvalue weighted by Crippen LogP contribution is 2.51. The minimum absolute atomic E-state index is 0.0791. The number of hydrogen-bond acceptors (Lipinski definition) is 4. The molecular formula is C58H41N5. The van der Waals surface area contributed by atoms with E-state index in [0.29, 0.717) is 17.5 Å². The van der Waals surface area contributed by atoms with Gasteiger partial charge in [0.2, 0.25) is 0 Å². The highest BCUT2D eigenvalue weighted by molar-refractivity contribution is 6.10. The average Bonchev–Trinajstić information content (AvgIpc) is 3.87. The van der Waals surface area contributed by atoms with E-state index in [9.17, 15) is 0 Å². The van der Waals surface area contributed by atoms with Gasteiger partial charge in [-0.1, -0.05) is 182 Å². The first-order valence-corrected chi connectivity index (χ1v) is 21.4. The van der Waals surface area contributed by atoms with E-state index in [1.807, 2.05) is 55.5 Å². The molecule has 0 saturated heterocycles. The first-order valence-electron chi connectivity index (χ1n) is 21.4. The van der Waals surface area contributed by atoms with E-state index in [1.165, 1.54) is 22.0 Å². The molecule has 11 rings (SSSR count). The number of para-hydroxylation sites is 4. The first-order chi connectivity index (χ1) is 31.2. The predicted molar refractivity (Wildman–Crippen MR) is 261 cm³/mol. The van der Waals surface area contributed by atoms with Crippen LogP contribution in [0, 0.1) is 12.3 Å². The summed E-state index contributed by atoms with van der Waals surface area (Å²) in [5.41, 5.74) is 13.4. The fourth-order valence-electron chi connectivity index (χ4n) is 9.29. The third kappa shape index (κ3) is 6.57. The van der Waals surface area contributed by atoms with Crippen molar-refractivity contribution < 1.29 is 0 Å². The van der Waals surface area contributed by atoms with Crippen molar-refractivity contribution in [3.05, 3.63) is 224 Å². The fraction of sp³-hybridized carbons (Fsp3) is 0.0517. The Morgan fingerprint density at radius 2 is 1.13 bits per heavy atom. The Hall–Kier alpha value is -8.33. The number of benzene rings is 7. The summed E-state index contributed by atoms with van der Waals surface area (Å²) in [6.45, 7) is 1.98. The molecule has 0 bridgehead atoms. The van der Waals surface area contributed by atoms with E-state index in [0.717, 1.165) is 61.4 Å². The van der Waals surface area contributed by atoms with Crippen LogP contribution in [0.4, 0.5) is 11.4 Å². The monoisotopic (exact) mass is 807 g/mol. The van der Waals surface area contributed by atoms with Crippen molar-refractivity contribution in [2.24, 2.45) is 0 Å². The van der Waals surface area contributed by atoms with E-state index < -0.39 is 0 Å². The number of anilines is 2. The van der Waals surface area contributed by atoms with E-state index in [4.69, 9.17) is 21.4 Å². The van der Waals surface area contributed by atoms with Gasteiger partial charge in [0.1, 0.15) is 0 Å². The van der Waals surface area contributed by atoms with Crippen LogP contribution in [0.25, 0.3) is 78.4 Å². The topological polar surface area (TPSA) is 46.8 Å². The van der Waals surface area contributed by atoms with Gasteiger partial charge in [-0.25, -0.2) is 15.0 Å². The lowest BCUT2D eigenvalue weighted by atomic mass is 9.91. The molecule has 5 heteroatoms. The molecule has 0 amide bonds. The number of allylic oxidation sites excluding steroid dienone is 6. The number of nitrogens with zero attached hydrogens (tertiary/aromatic N) is 5. The molecule has 2 aromatic heterocycles. The van der Waals surface area contributed by atoms with Crippen LogP contribution in [-0.4, -0.2) is 25.6 Å². The summed E-state index contributed by atoms with van der Waals surface area (Å²) >= 11 is 0. The molecule has 0 saturated carbocycles. The molecule has 1 aliphatic carbocycles. The highest BCUT2D eigenvalue weighted by Gasteiger charge is 2.39. The molecule has 298 valence electrons. The van der Waals surface area contributed by atoms with Crippen molar-refractivity contribution >= 4 is 38.8 Å². The zero-order chi connectivity index (χ0) is 42.3. The summed E-state index contributed by atoms with van der Waals surface area (Å²) in [7, 11) is 0. The largest absolute Gasteiger partial charge is 0.332 e. The van der Waals surface area contributed by atoms with Crippen LogP contribution in [-0.2, 0) is 0 Å². The van der Waals surface area contributed by atoms with Gasteiger partial charge in [-0.05, 0) is 65.6 Å². The summed E-state index contributed by atoms with van der Waals surface area (Å²) in [6, 6.07) is 59.9. The lowest BCUT2D eigenvalue weighted by Crippen LogP contribution is -2.29. The van der Waals surface area contributed by atoms with Gasteiger partial charge >= 0.3 is 0 Å². The number of terminal acetylenes is 1. The third-order valence-corrected chi connectivity index (χ3v) is 12.2. The van der Waals surface area contributed by atoms with Gasteiger partial charge in [0.05, 0.1) is 28.5 Å². The second kappa shape index (κ2) is 15.9. The molecular weight excluding hydrogens is 767 g/mol. The fourth-order valence-corrected chi connectivity index (χ4v) is 9.29. The third-order valence-electron chi connectivity index (χ3n) is 12.2. The average molecular weight is 808 g/mol. The molecule has 2 atom stereocenters. The Morgan fingerprint density at radius 3 is 1.83 bits per heavy atom. The van der Waals surface area contributed by atoms with Crippen molar-refractivity contribution in [3.63, 3.8) is 0 Å². The number of rotatable bonds is 8. The Bertz CT molecular complexity index is 3310. The Morgan fingerprint density at radius 1 is 0.556 bits per heavy atom. The first kappa shape index (κ1) is 37.7. The van der Waals surface area contributed by atoms with Crippen molar-refractivity contribution in [2.45, 2.75) is 18.9 Å². The lowest BCUT2D eigenvalue weighted by molar-refractivity contribution is 0.743. The van der Waals surface area contributed by atoms with Gasteiger partial charge in [0.15, 0.2) is 17.5 Å². The van der Waals surface area contributed by atoms with E-state index in [-0.39, 0.29) is 12.0 Å². The summed E-state index contributed by atoms with van der Waals surface area (Å²) in [6.07, 6.45) is 20.8. The summed E-state index contributed by atoms with van der Waals surface area (Å²) in [5.74, 6) is 4.78. The van der Waals surface area contributed by atoms with Crippen LogP contribution < -0.4 is 4.90 Å². The van der Waals surface area contributed by atoms with Gasteiger partial charge in [0, 0.05) is 44.6 Å². The summed E-state index contributed by atoms with van der Waals surface area (Å²) in [4.78, 5) is 18.5. The zero-order valence-corrected chi connectivity index (χ0v) is 34.7. The lowest BCUT2D eigenvalue weighted by Gasteiger charge is -2.31. The molecule has 9 aromatic rings. The van der Waals surface area contributed by atoms with Crippen LogP contribution in [0.3, 0.4) is 0 Å². The maximum atomic E-state index is 5.96. The predicted octanol–water partition coefficient (Wildman–Crippen LogP) is 14.0. The van der Waals surface area contributed by atoms with Crippen molar-refractivity contribution in [1.29, 1.82) is 0 Å². The number of hydrogen-bond donors (Lipinski definition) is 0. The van der Waals surface area contributed by atoms with Crippen LogP contribution in [0.5, 0.6) is 0 Å². The molecule has 7 aromatic carbocycles. The second-order valence-corrected chi connectivity index (χ2v) is 15.8. The van der Waals surface area contributed by atoms with Gasteiger partial charge in [-0.15, -0.1) is 6.42 Å². The quantitative estimate of drug-likeness (QED) is 0.113. The molecule has 2 aliphatic rings. The Kier molecular flexibility index (Phi) is 9.52. The highest BCUT2D eigenvalue weighted by atomic mass is 15.2. The summed E-state index contributed by atoms with van der Waals surface area (Å²) < 4.78 is 2.42. The molecule has 2 unspecified atom stereocenters. The molecule has 3 heterocycles. The summed E-state index contributed by atoms with van der Waals surface area (Å²) in [5, 5.41) is 2.36. The van der Waals surface area contributed by atoms with Crippen LogP contribution in [0.2, 0.25) is 0 Å². The van der Waals surface area contributed by atoms with Crippen molar-refractivity contribution in [3.8, 4) is 63.3 Å². The Labute approximate surface area is 367 Å². The number of aromatic nitrogens is 4. The van der Waals surface area contributed by atoms with Gasteiger partial charge in [0.25, 0.3) is 0 Å². The maximum absolute atomic E-state index is 5.96. The van der Waals surface area contributed by atoms with Gasteiger partial charge in [-0.2, -0.15) is 0 Å². The molecule has 0 radical (unpaired) electrons. The van der Waals surface area contributed by atoms with Crippen LogP contribution >= 0.6 is 0 Å². The number of fused-ring (bicyclic) bond motifs is 6.